The standard InChI is InChI=1S/C39H46N8O4/c1-7-16-46(35(48)19-40-5)21-33-42-31-14-10-27-17-25(8-12-29(27)37(31)44-33)26-9-13-30-28(18-26)11-15-32-38(30)45-34(43-32)22-47(24(4)23(2)3)36(49)20-41-39(50)51-6/h8-15,17-18,23-24,40H,7,16,19-22H2,1-6H3,(H,41,50)(H,42,44)(H,43,45)/t24-/m1/s1. The Morgan fingerprint density at radius 2 is 1.35 bits per heavy atom. The number of benzene rings is 4. The largest absolute Gasteiger partial charge is 0.453 e. The quantitative estimate of drug-likeness (QED) is 0.115. The topological polar surface area (TPSA) is 148 Å². The maximum absolute atomic E-state index is 13.2. The molecule has 51 heavy (non-hydrogen) atoms. The minimum absolute atomic E-state index is 0.0550. The van der Waals surface area contributed by atoms with Crippen LogP contribution in [-0.4, -0.2) is 87.5 Å². The Labute approximate surface area is 296 Å². The van der Waals surface area contributed by atoms with Gasteiger partial charge in [0.1, 0.15) is 18.2 Å². The van der Waals surface area contributed by atoms with Gasteiger partial charge in [0, 0.05) is 23.4 Å². The van der Waals surface area contributed by atoms with Crippen molar-refractivity contribution in [1.82, 2.24) is 40.4 Å². The number of rotatable bonds is 13. The molecule has 6 aromatic rings. The zero-order valence-corrected chi connectivity index (χ0v) is 30.1. The van der Waals surface area contributed by atoms with Gasteiger partial charge in [-0.05, 0) is 72.5 Å². The zero-order chi connectivity index (χ0) is 36.2. The molecule has 4 N–H and O–H groups in total. The van der Waals surface area contributed by atoms with E-state index in [9.17, 15) is 14.4 Å². The number of hydrogen-bond acceptors (Lipinski definition) is 7. The van der Waals surface area contributed by atoms with Gasteiger partial charge in [-0.3, -0.25) is 9.59 Å². The molecule has 0 saturated carbocycles. The lowest BCUT2D eigenvalue weighted by molar-refractivity contribution is -0.134. The van der Waals surface area contributed by atoms with Crippen molar-refractivity contribution < 1.29 is 19.1 Å². The van der Waals surface area contributed by atoms with Crippen molar-refractivity contribution >= 4 is 61.5 Å². The molecule has 0 aliphatic heterocycles. The molecule has 6 rings (SSSR count). The minimum atomic E-state index is -0.646. The van der Waals surface area contributed by atoms with Gasteiger partial charge >= 0.3 is 6.09 Å². The molecule has 0 unspecified atom stereocenters. The van der Waals surface area contributed by atoms with Crippen LogP contribution in [0, 0.1) is 5.92 Å². The molecule has 2 heterocycles. The van der Waals surface area contributed by atoms with Gasteiger partial charge in [-0.1, -0.05) is 57.2 Å². The maximum Gasteiger partial charge on any atom is 0.407 e. The lowest BCUT2D eigenvalue weighted by Crippen LogP contribution is -2.46. The molecule has 0 aliphatic rings. The smallest absolute Gasteiger partial charge is 0.407 e. The van der Waals surface area contributed by atoms with Gasteiger partial charge in [0.05, 0.1) is 48.8 Å². The lowest BCUT2D eigenvalue weighted by atomic mass is 9.98. The molecule has 0 saturated heterocycles. The normalized spacial score (nSPS) is 12.2. The van der Waals surface area contributed by atoms with E-state index in [4.69, 9.17) is 9.97 Å². The van der Waals surface area contributed by atoms with Crippen molar-refractivity contribution in [2.45, 2.75) is 53.2 Å². The summed E-state index contributed by atoms with van der Waals surface area (Å²) >= 11 is 0. The van der Waals surface area contributed by atoms with E-state index in [1.165, 1.54) is 7.11 Å². The van der Waals surface area contributed by atoms with Crippen molar-refractivity contribution in [3.05, 3.63) is 72.3 Å². The third kappa shape index (κ3) is 7.51. The van der Waals surface area contributed by atoms with Crippen LogP contribution < -0.4 is 10.6 Å². The molecule has 0 bridgehead atoms. The molecule has 0 radical (unpaired) electrons. The summed E-state index contributed by atoms with van der Waals surface area (Å²) in [6, 6.07) is 21.0. The number of nitrogens with one attached hydrogen (secondary N) is 4. The monoisotopic (exact) mass is 690 g/mol. The number of fused-ring (bicyclic) bond motifs is 6. The molecule has 12 heteroatoms. The number of imidazole rings is 2. The molecule has 2 aromatic heterocycles. The Hall–Kier alpha value is -5.49. The predicted octanol–water partition coefficient (Wildman–Crippen LogP) is 6.10. The first kappa shape index (κ1) is 35.3. The Morgan fingerprint density at radius 3 is 1.86 bits per heavy atom. The number of ether oxygens (including phenoxy) is 1. The van der Waals surface area contributed by atoms with E-state index in [0.29, 0.717) is 25.5 Å². The van der Waals surface area contributed by atoms with Crippen LogP contribution in [0.2, 0.25) is 0 Å². The number of carbonyl (C=O) groups is 3. The summed E-state index contributed by atoms with van der Waals surface area (Å²) in [5.41, 5.74) is 5.74. The molecule has 12 nitrogen and oxygen atoms in total. The third-order valence-corrected chi connectivity index (χ3v) is 9.55. The molecule has 3 amide bonds. The van der Waals surface area contributed by atoms with Gasteiger partial charge in [-0.2, -0.15) is 0 Å². The second kappa shape index (κ2) is 15.2. The van der Waals surface area contributed by atoms with Crippen LogP contribution in [-0.2, 0) is 27.4 Å². The highest BCUT2D eigenvalue weighted by Gasteiger charge is 2.25. The van der Waals surface area contributed by atoms with Gasteiger partial charge in [0.2, 0.25) is 11.8 Å². The average molecular weight is 691 g/mol. The second-order valence-electron chi connectivity index (χ2n) is 13.4. The fourth-order valence-electron chi connectivity index (χ4n) is 6.52. The SMILES string of the molecule is CCCN(Cc1nc2c(ccc3cc(-c4ccc5c(ccc6[nH]c(CN(C(=O)CNC(=O)OC)[C@H](C)C(C)C)nc65)c4)ccc32)[nH]1)C(=O)CNC. The van der Waals surface area contributed by atoms with E-state index in [2.05, 4.69) is 101 Å². The van der Waals surface area contributed by atoms with Crippen LogP contribution in [0.25, 0.3) is 54.7 Å². The third-order valence-electron chi connectivity index (χ3n) is 9.55. The first-order valence-corrected chi connectivity index (χ1v) is 17.5. The number of aromatic amines is 2. The van der Waals surface area contributed by atoms with Crippen LogP contribution in [0.5, 0.6) is 0 Å². The number of hydrogen-bond donors (Lipinski definition) is 4. The van der Waals surface area contributed by atoms with E-state index in [0.717, 1.165) is 67.0 Å². The number of alkyl carbamates (subject to hydrolysis) is 1. The summed E-state index contributed by atoms with van der Waals surface area (Å²) in [4.78, 5) is 57.7. The summed E-state index contributed by atoms with van der Waals surface area (Å²) in [6.07, 6.45) is 0.231. The second-order valence-corrected chi connectivity index (χ2v) is 13.4. The van der Waals surface area contributed by atoms with Crippen LogP contribution in [0.15, 0.2) is 60.7 Å². The molecule has 0 fully saturated rings. The molecule has 4 aromatic carbocycles. The van der Waals surface area contributed by atoms with Crippen LogP contribution in [0.3, 0.4) is 0 Å². The zero-order valence-electron chi connectivity index (χ0n) is 30.1. The number of likely N-dealkylation sites (N-methyl/N-ethyl adjacent to an activating group) is 1. The van der Waals surface area contributed by atoms with Gasteiger partial charge in [-0.25, -0.2) is 14.8 Å². The van der Waals surface area contributed by atoms with Crippen LogP contribution in [0.4, 0.5) is 4.79 Å². The van der Waals surface area contributed by atoms with Gasteiger partial charge in [0.15, 0.2) is 0 Å². The number of methoxy groups -OCH3 is 1. The number of nitrogens with zero attached hydrogens (tertiary/aromatic N) is 4. The first-order chi connectivity index (χ1) is 24.6. The highest BCUT2D eigenvalue weighted by molar-refractivity contribution is 6.07. The highest BCUT2D eigenvalue weighted by Crippen LogP contribution is 2.32. The summed E-state index contributed by atoms with van der Waals surface area (Å²) in [6.45, 7) is 9.72. The van der Waals surface area contributed by atoms with E-state index < -0.39 is 6.09 Å². The molecule has 1 atom stereocenters. The van der Waals surface area contributed by atoms with Crippen molar-refractivity contribution in [2.75, 3.05) is 33.8 Å². The fraction of sp³-hybridized carbons (Fsp3) is 0.359. The number of aromatic nitrogens is 4. The molecular weight excluding hydrogens is 644 g/mol. The minimum Gasteiger partial charge on any atom is -0.453 e. The number of amides is 3. The fourth-order valence-corrected chi connectivity index (χ4v) is 6.52. The van der Waals surface area contributed by atoms with Gasteiger partial charge < -0.3 is 35.1 Å². The highest BCUT2D eigenvalue weighted by atomic mass is 16.5. The van der Waals surface area contributed by atoms with Gasteiger partial charge in [-0.15, -0.1) is 0 Å². The maximum atomic E-state index is 13.2. The van der Waals surface area contributed by atoms with Crippen molar-refractivity contribution in [3.8, 4) is 11.1 Å². The summed E-state index contributed by atoms with van der Waals surface area (Å²) < 4.78 is 4.63. The molecular formula is C39H46N8O4. The lowest BCUT2D eigenvalue weighted by Gasteiger charge is -2.31. The summed E-state index contributed by atoms with van der Waals surface area (Å²) in [5.74, 6) is 1.49. The van der Waals surface area contributed by atoms with Gasteiger partial charge in [0.25, 0.3) is 0 Å². The Kier molecular flexibility index (Phi) is 10.5. The first-order valence-electron chi connectivity index (χ1n) is 17.5. The summed E-state index contributed by atoms with van der Waals surface area (Å²) in [7, 11) is 3.05. The van der Waals surface area contributed by atoms with E-state index in [-0.39, 0.29) is 36.9 Å². The van der Waals surface area contributed by atoms with Crippen LogP contribution >= 0.6 is 0 Å². The number of carbonyl (C=O) groups excluding carboxylic acids is 3. The van der Waals surface area contributed by atoms with Crippen molar-refractivity contribution in [3.63, 3.8) is 0 Å². The molecule has 266 valence electrons. The van der Waals surface area contributed by atoms with E-state index >= 15 is 0 Å². The average Bonchev–Trinajstić information content (AvgIpc) is 3.75. The number of H-pyrrole nitrogens is 2. The Morgan fingerprint density at radius 1 is 0.784 bits per heavy atom. The molecule has 0 spiro atoms. The predicted molar refractivity (Wildman–Crippen MR) is 201 cm³/mol. The molecule has 0 aliphatic carbocycles. The van der Waals surface area contributed by atoms with E-state index in [1.807, 2.05) is 17.9 Å². The van der Waals surface area contributed by atoms with Crippen molar-refractivity contribution in [2.24, 2.45) is 5.92 Å². The Balaban J connectivity index is 1.26. The van der Waals surface area contributed by atoms with Crippen molar-refractivity contribution in [1.29, 1.82) is 0 Å². The van der Waals surface area contributed by atoms with Crippen LogP contribution in [0.1, 0.15) is 45.8 Å². The summed E-state index contributed by atoms with van der Waals surface area (Å²) in [5, 5.41) is 9.65. The van der Waals surface area contributed by atoms with E-state index in [1.54, 1.807) is 11.9 Å². The Bertz CT molecular complexity index is 2220.